The molecule has 5 nitrogen and oxygen atoms in total. The van der Waals surface area contributed by atoms with E-state index in [0.29, 0.717) is 11.5 Å². The first kappa shape index (κ1) is 23.0. The summed E-state index contributed by atoms with van der Waals surface area (Å²) in [6, 6.07) is 0.646. The lowest BCUT2D eigenvalue weighted by Crippen LogP contribution is -2.44. The molecule has 0 aromatic carbocycles. The Morgan fingerprint density at radius 2 is 1.96 bits per heavy atom. The Hall–Kier alpha value is -0.0800. The van der Waals surface area contributed by atoms with Gasteiger partial charge in [-0.05, 0) is 65.0 Å². The molecule has 1 saturated carbocycles. The van der Waals surface area contributed by atoms with E-state index >= 15 is 0 Å². The molecule has 2 N–H and O–H groups in total. The maximum Gasteiger partial charge on any atom is 0.191 e. The molecular weight excluding hydrogens is 427 g/mol. The lowest BCUT2D eigenvalue weighted by molar-refractivity contribution is 0.107. The van der Waals surface area contributed by atoms with Crippen molar-refractivity contribution >= 4 is 29.9 Å². The number of hydrogen-bond acceptors (Lipinski definition) is 3. The number of guanidine groups is 1. The van der Waals surface area contributed by atoms with Gasteiger partial charge in [-0.1, -0.05) is 12.8 Å². The Morgan fingerprint density at radius 1 is 1.20 bits per heavy atom. The first-order valence-electron chi connectivity index (χ1n) is 9.99. The molecule has 2 fully saturated rings. The molecule has 25 heavy (non-hydrogen) atoms. The molecule has 1 atom stereocenters. The molecule has 0 spiro atoms. The number of halogens is 1. The molecule has 0 radical (unpaired) electrons. The fraction of sp³-hybridized carbons (Fsp3) is 0.947. The van der Waals surface area contributed by atoms with Gasteiger partial charge in [0.2, 0.25) is 0 Å². The number of rotatable bonds is 9. The van der Waals surface area contributed by atoms with Gasteiger partial charge in [-0.3, -0.25) is 4.99 Å². The average molecular weight is 466 g/mol. The van der Waals surface area contributed by atoms with E-state index in [2.05, 4.69) is 36.4 Å². The highest BCUT2D eigenvalue weighted by molar-refractivity contribution is 14.0. The van der Waals surface area contributed by atoms with Crippen LogP contribution in [0.2, 0.25) is 0 Å². The van der Waals surface area contributed by atoms with Crippen LogP contribution in [0.3, 0.4) is 0 Å². The molecule has 0 aromatic rings. The summed E-state index contributed by atoms with van der Waals surface area (Å²) < 4.78 is 5.62. The fourth-order valence-electron chi connectivity index (χ4n) is 4.09. The number of likely N-dealkylation sites (N-methyl/N-ethyl adjacent to an activating group) is 1. The number of aliphatic imine (C=N–C) groups is 1. The topological polar surface area (TPSA) is 48.9 Å². The third-order valence-corrected chi connectivity index (χ3v) is 5.74. The Bertz CT molecular complexity index is 386. The largest absolute Gasteiger partial charge is 0.382 e. The predicted molar refractivity (Wildman–Crippen MR) is 117 cm³/mol. The highest BCUT2D eigenvalue weighted by Gasteiger charge is 2.33. The summed E-state index contributed by atoms with van der Waals surface area (Å²) in [7, 11) is 2.23. The van der Waals surface area contributed by atoms with Crippen molar-refractivity contribution in [3.63, 3.8) is 0 Å². The van der Waals surface area contributed by atoms with Crippen LogP contribution in [0.5, 0.6) is 0 Å². The smallest absolute Gasteiger partial charge is 0.191 e. The maximum atomic E-state index is 5.62. The summed E-state index contributed by atoms with van der Waals surface area (Å²) in [5.41, 5.74) is 0.363. The summed E-state index contributed by atoms with van der Waals surface area (Å²) in [5.74, 6) is 0.987. The van der Waals surface area contributed by atoms with Crippen LogP contribution < -0.4 is 10.6 Å². The van der Waals surface area contributed by atoms with Crippen molar-refractivity contribution in [2.75, 3.05) is 46.4 Å². The SMILES string of the molecule is CCNC(=NCC1(CCOCC)CCCC1)NCC1CCCN1C.I. The van der Waals surface area contributed by atoms with Gasteiger partial charge in [-0.15, -0.1) is 24.0 Å². The van der Waals surface area contributed by atoms with Crippen molar-refractivity contribution in [2.24, 2.45) is 10.4 Å². The van der Waals surface area contributed by atoms with E-state index in [0.717, 1.165) is 45.2 Å². The standard InChI is InChI=1S/C19H38N4O.HI/c1-4-20-18(21-15-17-9-8-13-23(17)3)22-16-19(10-6-7-11-19)12-14-24-5-2;/h17H,4-16H2,1-3H3,(H2,20,21,22);1H. The molecule has 148 valence electrons. The Morgan fingerprint density at radius 3 is 2.56 bits per heavy atom. The molecule has 1 heterocycles. The second-order valence-corrected chi connectivity index (χ2v) is 7.51. The molecule has 1 saturated heterocycles. The van der Waals surface area contributed by atoms with E-state index in [1.54, 1.807) is 0 Å². The van der Waals surface area contributed by atoms with Gasteiger partial charge in [0.05, 0.1) is 0 Å². The van der Waals surface area contributed by atoms with Gasteiger partial charge in [-0.25, -0.2) is 0 Å². The zero-order valence-electron chi connectivity index (χ0n) is 16.5. The third kappa shape index (κ3) is 7.59. The molecule has 1 unspecified atom stereocenters. The van der Waals surface area contributed by atoms with Crippen molar-refractivity contribution < 1.29 is 4.74 Å². The summed E-state index contributed by atoms with van der Waals surface area (Å²) in [5, 5.41) is 6.99. The molecule has 2 rings (SSSR count). The van der Waals surface area contributed by atoms with Crippen molar-refractivity contribution in [2.45, 2.75) is 64.8 Å². The van der Waals surface area contributed by atoms with Gasteiger partial charge in [0.25, 0.3) is 0 Å². The molecular formula is C19H39IN4O. The lowest BCUT2D eigenvalue weighted by Gasteiger charge is -2.28. The second kappa shape index (κ2) is 12.3. The van der Waals surface area contributed by atoms with E-state index in [9.17, 15) is 0 Å². The minimum atomic E-state index is 0. The van der Waals surface area contributed by atoms with Crippen molar-refractivity contribution in [1.82, 2.24) is 15.5 Å². The highest BCUT2D eigenvalue weighted by Crippen LogP contribution is 2.41. The van der Waals surface area contributed by atoms with Gasteiger partial charge in [0.1, 0.15) is 0 Å². The van der Waals surface area contributed by atoms with Crippen molar-refractivity contribution in [3.8, 4) is 0 Å². The molecule has 0 amide bonds. The fourth-order valence-corrected chi connectivity index (χ4v) is 4.09. The van der Waals surface area contributed by atoms with Gasteiger partial charge < -0.3 is 20.3 Å². The number of ether oxygens (including phenoxy) is 1. The molecule has 6 heteroatoms. The summed E-state index contributed by atoms with van der Waals surface area (Å²) in [6.45, 7) is 9.97. The molecule has 0 aromatic heterocycles. The monoisotopic (exact) mass is 466 g/mol. The van der Waals surface area contributed by atoms with Gasteiger partial charge >= 0.3 is 0 Å². The van der Waals surface area contributed by atoms with Crippen LogP contribution >= 0.6 is 24.0 Å². The normalized spacial score (nSPS) is 23.5. The lowest BCUT2D eigenvalue weighted by atomic mass is 9.83. The summed E-state index contributed by atoms with van der Waals surface area (Å²) in [4.78, 5) is 7.41. The van der Waals surface area contributed by atoms with Crippen LogP contribution in [0, 0.1) is 5.41 Å². The number of nitrogens with zero attached hydrogens (tertiary/aromatic N) is 2. The van der Waals surface area contributed by atoms with E-state index in [1.807, 2.05) is 0 Å². The first-order valence-corrected chi connectivity index (χ1v) is 9.99. The van der Waals surface area contributed by atoms with Crippen molar-refractivity contribution in [1.29, 1.82) is 0 Å². The number of likely N-dealkylation sites (tertiary alicyclic amines) is 1. The quantitative estimate of drug-likeness (QED) is 0.237. The zero-order valence-corrected chi connectivity index (χ0v) is 18.8. The summed E-state index contributed by atoms with van der Waals surface area (Å²) >= 11 is 0. The Kier molecular flexibility index (Phi) is 11.3. The maximum absolute atomic E-state index is 5.62. The van der Waals surface area contributed by atoms with Crippen LogP contribution in [-0.4, -0.2) is 63.3 Å². The molecule has 1 aliphatic carbocycles. The van der Waals surface area contributed by atoms with E-state index < -0.39 is 0 Å². The Balaban J connectivity index is 0.00000312. The first-order chi connectivity index (χ1) is 11.7. The summed E-state index contributed by atoms with van der Waals surface area (Å²) in [6.07, 6.45) is 9.05. The van der Waals surface area contributed by atoms with Crippen LogP contribution in [0.1, 0.15) is 58.8 Å². The highest BCUT2D eigenvalue weighted by atomic mass is 127. The molecule has 1 aliphatic heterocycles. The molecule has 0 bridgehead atoms. The van der Waals surface area contributed by atoms with Gasteiger partial charge in [0.15, 0.2) is 5.96 Å². The number of hydrogen-bond donors (Lipinski definition) is 2. The minimum absolute atomic E-state index is 0. The van der Waals surface area contributed by atoms with E-state index in [-0.39, 0.29) is 24.0 Å². The minimum Gasteiger partial charge on any atom is -0.382 e. The average Bonchev–Trinajstić information content (AvgIpc) is 3.20. The number of nitrogens with one attached hydrogen (secondary N) is 2. The van der Waals surface area contributed by atoms with Crippen LogP contribution in [-0.2, 0) is 4.74 Å². The van der Waals surface area contributed by atoms with Crippen LogP contribution in [0.15, 0.2) is 4.99 Å². The van der Waals surface area contributed by atoms with E-state index in [1.165, 1.54) is 45.1 Å². The van der Waals surface area contributed by atoms with E-state index in [4.69, 9.17) is 9.73 Å². The Labute approximate surface area is 171 Å². The van der Waals surface area contributed by atoms with Crippen LogP contribution in [0.4, 0.5) is 0 Å². The van der Waals surface area contributed by atoms with Gasteiger partial charge in [0, 0.05) is 38.9 Å². The van der Waals surface area contributed by atoms with Crippen molar-refractivity contribution in [3.05, 3.63) is 0 Å². The molecule has 2 aliphatic rings. The predicted octanol–water partition coefficient (Wildman–Crippen LogP) is 3.24. The third-order valence-electron chi connectivity index (χ3n) is 5.74. The zero-order chi connectivity index (χ0) is 17.3. The van der Waals surface area contributed by atoms with Gasteiger partial charge in [-0.2, -0.15) is 0 Å². The second-order valence-electron chi connectivity index (χ2n) is 7.51. The van der Waals surface area contributed by atoms with Crippen LogP contribution in [0.25, 0.3) is 0 Å².